The molecule has 0 aromatic carbocycles. The van der Waals surface area contributed by atoms with Gasteiger partial charge in [-0.2, -0.15) is 0 Å². The molecular formula is C10H18O2. The Bertz CT molecular complexity index is 165. The van der Waals surface area contributed by atoms with Crippen molar-refractivity contribution in [2.24, 2.45) is 0 Å². The van der Waals surface area contributed by atoms with E-state index in [0.717, 1.165) is 19.3 Å². The Balaban J connectivity index is 2.00. The van der Waals surface area contributed by atoms with Gasteiger partial charge in [0.2, 0.25) is 0 Å². The zero-order valence-electron chi connectivity index (χ0n) is 8.01. The highest BCUT2D eigenvalue weighted by atomic mass is 16.7. The van der Waals surface area contributed by atoms with Gasteiger partial charge in [-0.3, -0.25) is 0 Å². The molecule has 0 aliphatic carbocycles. The molecule has 0 unspecified atom stereocenters. The van der Waals surface area contributed by atoms with Crippen LogP contribution in [0.25, 0.3) is 0 Å². The molecule has 2 nitrogen and oxygen atoms in total. The summed E-state index contributed by atoms with van der Waals surface area (Å²) in [5, 5.41) is 0. The molecule has 0 saturated carbocycles. The van der Waals surface area contributed by atoms with Gasteiger partial charge in [-0.15, -0.1) is 0 Å². The van der Waals surface area contributed by atoms with Gasteiger partial charge in [0, 0.05) is 12.8 Å². The van der Waals surface area contributed by atoms with Gasteiger partial charge in [0.05, 0.1) is 12.2 Å². The lowest BCUT2D eigenvalue weighted by molar-refractivity contribution is -0.264. The molecule has 70 valence electrons. The molecule has 2 rings (SSSR count). The minimum atomic E-state index is -0.183. The molecule has 3 atom stereocenters. The molecule has 0 N–H and O–H groups in total. The van der Waals surface area contributed by atoms with Gasteiger partial charge >= 0.3 is 0 Å². The topological polar surface area (TPSA) is 18.5 Å². The summed E-state index contributed by atoms with van der Waals surface area (Å²) in [5.74, 6) is -0.183. The van der Waals surface area contributed by atoms with Crippen LogP contribution in [0.1, 0.15) is 46.0 Å². The molecule has 0 aromatic rings. The molecule has 2 heteroatoms. The first-order valence-corrected chi connectivity index (χ1v) is 5.06. The lowest BCUT2D eigenvalue weighted by atomic mass is 9.99. The number of hydrogen-bond donors (Lipinski definition) is 0. The Kier molecular flexibility index (Phi) is 2.13. The fraction of sp³-hybridized carbons (Fsp3) is 1.00. The fourth-order valence-electron chi connectivity index (χ4n) is 2.32. The second kappa shape index (κ2) is 3.00. The van der Waals surface area contributed by atoms with Crippen LogP contribution in [-0.2, 0) is 9.47 Å². The summed E-state index contributed by atoms with van der Waals surface area (Å²) in [4.78, 5) is 0. The lowest BCUT2D eigenvalue weighted by Crippen LogP contribution is -2.39. The van der Waals surface area contributed by atoms with E-state index in [9.17, 15) is 0 Å². The van der Waals surface area contributed by atoms with Crippen LogP contribution in [0.2, 0.25) is 0 Å². The van der Waals surface area contributed by atoms with Crippen LogP contribution in [0.4, 0.5) is 0 Å². The average Bonchev–Trinajstić information content (AvgIpc) is 2.32. The quantitative estimate of drug-likeness (QED) is 0.556. The molecule has 2 saturated heterocycles. The van der Waals surface area contributed by atoms with Crippen molar-refractivity contribution >= 4 is 0 Å². The Morgan fingerprint density at radius 3 is 2.25 bits per heavy atom. The van der Waals surface area contributed by atoms with Crippen LogP contribution < -0.4 is 0 Å². The van der Waals surface area contributed by atoms with Crippen molar-refractivity contribution in [2.75, 3.05) is 0 Å². The van der Waals surface area contributed by atoms with Gasteiger partial charge < -0.3 is 9.47 Å². The summed E-state index contributed by atoms with van der Waals surface area (Å²) in [7, 11) is 0. The average molecular weight is 170 g/mol. The molecule has 2 aliphatic heterocycles. The molecule has 2 aliphatic rings. The summed E-state index contributed by atoms with van der Waals surface area (Å²) in [6.07, 6.45) is 6.60. The Morgan fingerprint density at radius 2 is 1.67 bits per heavy atom. The molecule has 0 amide bonds. The minimum absolute atomic E-state index is 0.183. The van der Waals surface area contributed by atoms with Crippen molar-refractivity contribution in [3.05, 3.63) is 0 Å². The maximum Gasteiger partial charge on any atom is 0.169 e. The maximum atomic E-state index is 5.88. The number of ether oxygens (including phenoxy) is 2. The first-order valence-electron chi connectivity index (χ1n) is 5.06. The van der Waals surface area contributed by atoms with Gasteiger partial charge in [-0.1, -0.05) is 0 Å². The number of hydrogen-bond acceptors (Lipinski definition) is 2. The van der Waals surface area contributed by atoms with Crippen molar-refractivity contribution in [3.63, 3.8) is 0 Å². The highest BCUT2D eigenvalue weighted by molar-refractivity contribution is 4.83. The predicted octanol–water partition coefficient (Wildman–Crippen LogP) is 2.47. The van der Waals surface area contributed by atoms with E-state index >= 15 is 0 Å². The zero-order chi connectivity index (χ0) is 8.60. The molecule has 0 radical (unpaired) electrons. The van der Waals surface area contributed by atoms with E-state index in [2.05, 4.69) is 13.8 Å². The van der Waals surface area contributed by atoms with Crippen LogP contribution in [0.15, 0.2) is 0 Å². The highest BCUT2D eigenvalue weighted by Gasteiger charge is 2.42. The Morgan fingerprint density at radius 1 is 1.00 bits per heavy atom. The molecule has 1 spiro atoms. The van der Waals surface area contributed by atoms with E-state index in [1.807, 2.05) is 0 Å². The van der Waals surface area contributed by atoms with Crippen LogP contribution in [0.5, 0.6) is 0 Å². The molecular weight excluding hydrogens is 152 g/mol. The Labute approximate surface area is 74.2 Å². The van der Waals surface area contributed by atoms with Crippen molar-refractivity contribution in [2.45, 2.75) is 63.9 Å². The summed E-state index contributed by atoms with van der Waals surface area (Å²) < 4.78 is 11.7. The van der Waals surface area contributed by atoms with Crippen LogP contribution in [0, 0.1) is 0 Å². The fourth-order valence-corrected chi connectivity index (χ4v) is 2.32. The second-order valence-corrected chi connectivity index (χ2v) is 4.20. The van der Waals surface area contributed by atoms with E-state index in [-0.39, 0.29) is 5.79 Å². The van der Waals surface area contributed by atoms with Gasteiger partial charge in [0.1, 0.15) is 0 Å². The summed E-state index contributed by atoms with van der Waals surface area (Å²) in [5.41, 5.74) is 0. The van der Waals surface area contributed by atoms with Crippen LogP contribution >= 0.6 is 0 Å². The van der Waals surface area contributed by atoms with E-state index in [1.165, 1.54) is 12.8 Å². The lowest BCUT2D eigenvalue weighted by Gasteiger charge is -2.36. The van der Waals surface area contributed by atoms with Crippen molar-refractivity contribution < 1.29 is 9.47 Å². The standard InChI is InChI=1S/C10H18O2/c1-8-4-3-6-10(11-8)7-5-9(2)12-10/h8-9H,3-7H2,1-2H3/t8-,9-,10-/m1/s1. The van der Waals surface area contributed by atoms with Crippen LogP contribution in [-0.4, -0.2) is 18.0 Å². The highest BCUT2D eigenvalue weighted by Crippen LogP contribution is 2.40. The van der Waals surface area contributed by atoms with E-state index in [4.69, 9.17) is 9.47 Å². The third-order valence-electron chi connectivity index (χ3n) is 2.93. The Hall–Kier alpha value is -0.0800. The first-order chi connectivity index (χ1) is 5.70. The van der Waals surface area contributed by atoms with Gasteiger partial charge in [0.25, 0.3) is 0 Å². The minimum Gasteiger partial charge on any atom is -0.347 e. The SMILES string of the molecule is C[C@@H]1CCC[C@@]2(CC[C@@H](C)O2)O1. The molecule has 2 heterocycles. The summed E-state index contributed by atoms with van der Waals surface area (Å²) in [6, 6.07) is 0. The van der Waals surface area contributed by atoms with E-state index in [1.54, 1.807) is 0 Å². The van der Waals surface area contributed by atoms with Crippen molar-refractivity contribution in [3.8, 4) is 0 Å². The van der Waals surface area contributed by atoms with E-state index in [0.29, 0.717) is 12.2 Å². The van der Waals surface area contributed by atoms with Gasteiger partial charge in [0.15, 0.2) is 5.79 Å². The third kappa shape index (κ3) is 1.50. The zero-order valence-corrected chi connectivity index (χ0v) is 8.01. The largest absolute Gasteiger partial charge is 0.347 e. The second-order valence-electron chi connectivity index (χ2n) is 4.20. The van der Waals surface area contributed by atoms with Crippen molar-refractivity contribution in [1.29, 1.82) is 0 Å². The van der Waals surface area contributed by atoms with Gasteiger partial charge in [-0.05, 0) is 33.1 Å². The molecule has 12 heavy (non-hydrogen) atoms. The predicted molar refractivity (Wildman–Crippen MR) is 46.9 cm³/mol. The summed E-state index contributed by atoms with van der Waals surface area (Å²) in [6.45, 7) is 4.28. The van der Waals surface area contributed by atoms with E-state index < -0.39 is 0 Å². The first kappa shape index (κ1) is 8.52. The third-order valence-corrected chi connectivity index (χ3v) is 2.93. The van der Waals surface area contributed by atoms with Crippen LogP contribution in [0.3, 0.4) is 0 Å². The molecule has 2 fully saturated rings. The molecule has 0 bridgehead atoms. The van der Waals surface area contributed by atoms with Crippen molar-refractivity contribution in [1.82, 2.24) is 0 Å². The number of rotatable bonds is 0. The smallest absolute Gasteiger partial charge is 0.169 e. The normalized spacial score (nSPS) is 48.5. The monoisotopic (exact) mass is 170 g/mol. The molecule has 0 aromatic heterocycles. The van der Waals surface area contributed by atoms with Gasteiger partial charge in [-0.25, -0.2) is 0 Å². The maximum absolute atomic E-state index is 5.88. The summed E-state index contributed by atoms with van der Waals surface area (Å²) >= 11 is 0.